The SMILES string of the molecule is COCCCCCC(=O)CCCCC[C@@H]1NC(=O)[C@H](C)CC(=O)CN2C(=O)CN3C(=O)CC(SCSC4CC(=O)N(CC(=O)N2CC(=O)C[C@@H](C)C(=O)N[C@@H](CCCCNC(=O)CCOCCOC)C(=O)Nc2ccc(cc2)COC(=O)N2[CH-][C@@H]5CCCN5C(=O)c5cc(OC)c(cc52)OCCCOc2cc5c(cc2OC)C(=O)N2CCC[C@H]2C(C)N5C(=O)OCc2ccc(cc2)NC1=O)C4=O)C3=O.[V]. The van der Waals surface area contributed by atoms with E-state index < -0.39 is 174 Å². The summed E-state index contributed by atoms with van der Waals surface area (Å²) in [6, 6.07) is 14.5. The Labute approximate surface area is 832 Å². The van der Waals surface area contributed by atoms with Gasteiger partial charge in [0.25, 0.3) is 23.6 Å². The summed E-state index contributed by atoms with van der Waals surface area (Å²) in [5, 5.41) is 12.9. The van der Waals surface area contributed by atoms with E-state index in [0.29, 0.717) is 121 Å². The van der Waals surface area contributed by atoms with E-state index in [1.807, 2.05) is 6.92 Å². The van der Waals surface area contributed by atoms with Crippen molar-refractivity contribution in [2.45, 2.75) is 216 Å². The Morgan fingerprint density at radius 1 is 0.493 bits per heavy atom. The van der Waals surface area contributed by atoms with E-state index >= 15 is 9.59 Å². The van der Waals surface area contributed by atoms with Gasteiger partial charge < -0.3 is 83.9 Å². The van der Waals surface area contributed by atoms with Crippen LogP contribution in [0, 0.1) is 18.4 Å². The largest absolute Gasteiger partial charge is 0.493 e. The molecule has 43 heteroatoms. The van der Waals surface area contributed by atoms with Crippen LogP contribution in [0.15, 0.2) is 72.8 Å². The monoisotopic (exact) mass is 2020 g/mol. The van der Waals surface area contributed by atoms with Crippen molar-refractivity contribution in [3.05, 3.63) is 102 Å². The van der Waals surface area contributed by atoms with Crippen LogP contribution in [0.5, 0.6) is 23.0 Å². The maximum Gasteiger partial charge on any atom is 0.414 e. The third-order valence-electron chi connectivity index (χ3n) is 25.5. The Bertz CT molecular complexity index is 5130. The topological polar surface area (TPSA) is 476 Å². The van der Waals surface area contributed by atoms with Crippen LogP contribution in [-0.2, 0) is 123 Å². The van der Waals surface area contributed by atoms with Gasteiger partial charge in [-0.1, -0.05) is 69.8 Å². The molecule has 757 valence electrons. The number of imide groups is 2. The van der Waals surface area contributed by atoms with Gasteiger partial charge in [-0.3, -0.25) is 91.4 Å². The van der Waals surface area contributed by atoms with Crippen molar-refractivity contribution < 1.29 is 147 Å². The number of thioether (sulfide) groups is 2. The first-order valence-corrected chi connectivity index (χ1v) is 49.4. The number of rotatable bonds is 25. The maximum absolute atomic E-state index is 15.2. The average molecular weight is 2020 g/mol. The summed E-state index contributed by atoms with van der Waals surface area (Å²) in [5.74, 6) is -13.8. The smallest absolute Gasteiger partial charge is 0.414 e. The molecule has 40 nitrogen and oxygen atoms in total. The van der Waals surface area contributed by atoms with Crippen LogP contribution in [0.2, 0.25) is 0 Å². The number of carbonyl (C=O) groups is 18. The van der Waals surface area contributed by atoms with Crippen molar-refractivity contribution in [3.8, 4) is 23.0 Å². The first kappa shape index (κ1) is 109. The van der Waals surface area contributed by atoms with E-state index in [-0.39, 0.29) is 202 Å². The van der Waals surface area contributed by atoms with Gasteiger partial charge in [0, 0.05) is 156 Å². The number of nitrogens with one attached hydrogen (secondary N) is 5. The quantitative estimate of drug-likeness (QED) is 0.0238. The Morgan fingerprint density at radius 2 is 0.986 bits per heavy atom. The molecule has 11 aliphatic heterocycles. The molecule has 15 amide bonds. The van der Waals surface area contributed by atoms with Gasteiger partial charge >= 0.3 is 12.2 Å². The maximum atomic E-state index is 15.2. The molecule has 11 heterocycles. The molecule has 4 aromatic carbocycles. The fourth-order valence-electron chi connectivity index (χ4n) is 17.8. The van der Waals surface area contributed by atoms with Crippen LogP contribution in [0.1, 0.15) is 194 Å². The van der Waals surface area contributed by atoms with Crippen molar-refractivity contribution in [2.75, 3.05) is 139 Å². The van der Waals surface area contributed by atoms with E-state index in [0.717, 1.165) is 36.4 Å². The first-order valence-electron chi connectivity index (χ1n) is 47.3. The van der Waals surface area contributed by atoms with Gasteiger partial charge in [-0.05, 0) is 119 Å². The molecule has 12 bridgehead atoms. The van der Waals surface area contributed by atoms with Crippen molar-refractivity contribution in [1.29, 1.82) is 0 Å². The van der Waals surface area contributed by atoms with Gasteiger partial charge in [-0.25, -0.2) is 26.2 Å². The van der Waals surface area contributed by atoms with Gasteiger partial charge in [0.15, 0.2) is 34.6 Å². The third-order valence-corrected chi connectivity index (χ3v) is 28.1. The molecule has 9 atom stereocenters. The Hall–Kier alpha value is -11.7. The number of amides is 15. The molecule has 5 saturated heterocycles. The van der Waals surface area contributed by atoms with Crippen LogP contribution in [0.25, 0.3) is 0 Å². The number of anilines is 4. The minimum Gasteiger partial charge on any atom is -0.493 e. The van der Waals surface area contributed by atoms with Gasteiger partial charge in [-0.15, -0.1) is 23.5 Å². The molecule has 4 aromatic rings. The average Bonchev–Trinajstić information content (AvgIpc) is 1.60. The van der Waals surface area contributed by atoms with E-state index in [9.17, 15) is 76.7 Å². The number of carbonyl (C=O) groups excluding carboxylic acids is 18. The molecule has 3 unspecified atom stereocenters. The number of benzene rings is 4. The second kappa shape index (κ2) is 52.7. The summed E-state index contributed by atoms with van der Waals surface area (Å²) in [5.41, 5.74) is 2.01. The minimum absolute atomic E-state index is 0. The molecule has 0 aliphatic carbocycles. The summed E-state index contributed by atoms with van der Waals surface area (Å²) in [7, 11) is 5.95. The summed E-state index contributed by atoms with van der Waals surface area (Å²) in [4.78, 5) is 266. The summed E-state index contributed by atoms with van der Waals surface area (Å²) in [6.45, 7) is 3.39. The second-order valence-corrected chi connectivity index (χ2v) is 38.3. The number of hydrogen-bond acceptors (Lipinski definition) is 29. The number of hydrogen-bond donors (Lipinski definition) is 5. The molecular formula is C97H124N13O27S2V-. The fraction of sp³-hybridized carbons (Fsp3) is 0.557. The van der Waals surface area contributed by atoms with Crippen LogP contribution in [0.4, 0.5) is 32.3 Å². The fourth-order valence-corrected chi connectivity index (χ4v) is 20.4. The zero-order valence-electron chi connectivity index (χ0n) is 79.9. The Balaban J connectivity index is 0.0000187. The number of ketones is 3. The van der Waals surface area contributed by atoms with E-state index in [1.165, 1.54) is 75.3 Å². The molecular weight excluding hydrogens is 1890 g/mol. The zero-order chi connectivity index (χ0) is 99.5. The predicted octanol–water partition coefficient (Wildman–Crippen LogP) is 8.00. The summed E-state index contributed by atoms with van der Waals surface area (Å²) >= 11 is 2.00. The van der Waals surface area contributed by atoms with Gasteiger partial charge in [0.1, 0.15) is 57.3 Å². The van der Waals surface area contributed by atoms with Gasteiger partial charge in [-0.2, -0.15) is 0 Å². The minimum atomic E-state index is -1.35. The van der Waals surface area contributed by atoms with E-state index in [1.54, 1.807) is 65.9 Å². The van der Waals surface area contributed by atoms with Crippen LogP contribution < -0.4 is 55.3 Å². The zero-order valence-corrected chi connectivity index (χ0v) is 83.0. The molecule has 0 spiro atoms. The number of nitrogens with zero attached hydrogens (tertiary/aromatic N) is 8. The Kier molecular flexibility index (Phi) is 40.9. The Morgan fingerprint density at radius 3 is 1.52 bits per heavy atom. The number of methoxy groups -OCH3 is 4. The molecule has 1 radical (unpaired) electrons. The summed E-state index contributed by atoms with van der Waals surface area (Å²) < 4.78 is 52.1. The van der Waals surface area contributed by atoms with Gasteiger partial charge in [0.2, 0.25) is 53.2 Å². The van der Waals surface area contributed by atoms with E-state index in [4.69, 9.17) is 42.6 Å². The predicted molar refractivity (Wildman–Crippen MR) is 507 cm³/mol. The standard InChI is InChI=1S/C97H124N13O27S2.V/c1-59-43-68(112)52-108-86(117)54-106-84(115)49-81(94(106)125)138-58-139-82-50-85(116)107(95(82)126)55-87(118)109(108)53-69(113)44-60(2)89(120)102-73(23-13-14-34-98-83(114)33-40-133-42-41-130-5)91(122)100-64-29-25-62(26-30-64)56-136-96(127)105-51-66-19-16-35-103(66)92(123)70-45-77(131-6)79(47-75(70)105)134-38-18-39-135-80-48-76-71(46-78(80)132-7)93(124)104-36-17-24-74(104)61(3)110(76)97(128)137-57-63-27-31-65(32-28-63)99-90(121)72(101-88(59)119)22-12-8-10-20-67(111)21-11-9-15-37-129-4;/h25-32,45-48,51,59-61,66,72-74,81-82H,8-24,33-44,49-50,52-58H2,1-7H3,(H,98,114)(H,99,121)(H,100,122)(H,101,119)(H,102,120);/q-1;/t59-,60-,61?,66+,72+,73+,74+,81?,82?;/m1./s1. The third kappa shape index (κ3) is 28.8. The molecule has 15 rings (SSSR count). The van der Waals surface area contributed by atoms with Crippen molar-refractivity contribution in [1.82, 2.24) is 45.6 Å². The molecule has 0 aromatic heterocycles. The van der Waals surface area contributed by atoms with Crippen molar-refractivity contribution in [3.63, 3.8) is 0 Å². The number of Topliss-reactive ketones (excluding diaryl/α,β-unsaturated/α-hetero) is 3. The van der Waals surface area contributed by atoms with Crippen LogP contribution >= 0.6 is 23.5 Å². The van der Waals surface area contributed by atoms with Crippen molar-refractivity contribution >= 4 is 153 Å². The molecule has 5 fully saturated rings. The number of ether oxygens (including phenoxy) is 9. The number of fused-ring (bicyclic) bond motifs is 6. The van der Waals surface area contributed by atoms with Crippen LogP contribution in [-0.4, -0.2) is 296 Å². The van der Waals surface area contributed by atoms with Crippen LogP contribution in [0.3, 0.4) is 0 Å². The molecule has 0 saturated carbocycles. The first-order chi connectivity index (χ1) is 66.9. The van der Waals surface area contributed by atoms with E-state index in [2.05, 4.69) is 26.6 Å². The van der Waals surface area contributed by atoms with Crippen molar-refractivity contribution in [2.24, 2.45) is 11.8 Å². The second-order valence-electron chi connectivity index (χ2n) is 35.5. The summed E-state index contributed by atoms with van der Waals surface area (Å²) in [6.07, 6.45) is 3.57. The molecule has 140 heavy (non-hydrogen) atoms. The molecule has 5 N–H and O–H groups in total. The van der Waals surface area contributed by atoms with Gasteiger partial charge in [0.05, 0.1) is 86.7 Å². The normalized spacial score (nSPS) is 22.8. The molecule has 11 aliphatic rings. The number of hydrazine groups is 1. The number of unbranched alkanes of at least 4 members (excludes halogenated alkanes) is 5.